The molecular formula is C43H63N5O7. The number of ketones is 1. The highest BCUT2D eigenvalue weighted by atomic mass is 16.6. The minimum Gasteiger partial charge on any atom is -0.379 e. The fourth-order valence-electron chi connectivity index (χ4n) is 6.84. The number of benzene rings is 2. The fraction of sp³-hybridized carbons (Fsp3) is 0.605. The van der Waals surface area contributed by atoms with Crippen molar-refractivity contribution in [2.75, 3.05) is 39.5 Å². The first-order chi connectivity index (χ1) is 26.3. The molecule has 3 unspecified atom stereocenters. The van der Waals surface area contributed by atoms with E-state index in [4.69, 9.17) is 9.47 Å². The van der Waals surface area contributed by atoms with Crippen molar-refractivity contribution in [1.29, 1.82) is 0 Å². The van der Waals surface area contributed by atoms with Gasteiger partial charge in [0.15, 0.2) is 5.78 Å². The van der Waals surface area contributed by atoms with Gasteiger partial charge in [0, 0.05) is 25.9 Å². The number of carbonyl (C=O) groups excluding carboxylic acids is 5. The first-order valence-electron chi connectivity index (χ1n) is 20.1. The van der Waals surface area contributed by atoms with E-state index >= 15 is 0 Å². The van der Waals surface area contributed by atoms with Gasteiger partial charge in [0.25, 0.3) is 0 Å². The lowest BCUT2D eigenvalue weighted by atomic mass is 9.93. The lowest BCUT2D eigenvalue weighted by molar-refractivity contribution is -0.135. The summed E-state index contributed by atoms with van der Waals surface area (Å²) in [5.74, 6) is -1.72. The van der Waals surface area contributed by atoms with E-state index in [1.54, 1.807) is 6.92 Å². The van der Waals surface area contributed by atoms with E-state index in [2.05, 4.69) is 26.2 Å². The van der Waals surface area contributed by atoms with Crippen LogP contribution in [0.5, 0.6) is 0 Å². The van der Waals surface area contributed by atoms with Crippen molar-refractivity contribution in [3.8, 4) is 0 Å². The van der Waals surface area contributed by atoms with Crippen LogP contribution in [0, 0.1) is 11.8 Å². The Kier molecular flexibility index (Phi) is 17.3. The smallest absolute Gasteiger partial charge is 0.243 e. The minimum atomic E-state index is -1.03. The van der Waals surface area contributed by atoms with Crippen LogP contribution in [0.2, 0.25) is 0 Å². The molecule has 12 nitrogen and oxygen atoms in total. The van der Waals surface area contributed by atoms with Crippen molar-refractivity contribution in [3.05, 3.63) is 71.8 Å². The Balaban J connectivity index is 1.46. The predicted octanol–water partition coefficient (Wildman–Crippen LogP) is 3.75. The zero-order valence-corrected chi connectivity index (χ0v) is 33.4. The average Bonchev–Trinajstić information content (AvgIpc) is 3.92. The Hall–Kier alpha value is -4.13. The maximum absolute atomic E-state index is 14.1. The molecular weight excluding hydrogens is 699 g/mol. The zero-order chi connectivity index (χ0) is 39.8. The van der Waals surface area contributed by atoms with E-state index < -0.39 is 47.5 Å². The van der Waals surface area contributed by atoms with E-state index in [1.165, 1.54) is 0 Å². The van der Waals surface area contributed by atoms with Crippen LogP contribution in [0.15, 0.2) is 60.7 Å². The molecule has 2 aromatic rings. The van der Waals surface area contributed by atoms with E-state index in [0.717, 1.165) is 50.4 Å². The Morgan fingerprint density at radius 1 is 0.691 bits per heavy atom. The molecule has 302 valence electrons. The van der Waals surface area contributed by atoms with Crippen LogP contribution >= 0.6 is 0 Å². The molecule has 0 saturated carbocycles. The van der Waals surface area contributed by atoms with Gasteiger partial charge in [-0.25, -0.2) is 0 Å². The Bertz CT molecular complexity index is 1530. The van der Waals surface area contributed by atoms with Crippen molar-refractivity contribution in [3.63, 3.8) is 0 Å². The molecule has 4 amide bonds. The molecule has 0 aliphatic carbocycles. The number of ether oxygens (including phenoxy) is 2. The van der Waals surface area contributed by atoms with Crippen molar-refractivity contribution in [2.24, 2.45) is 11.8 Å². The van der Waals surface area contributed by atoms with E-state index in [0.29, 0.717) is 38.7 Å². The van der Waals surface area contributed by atoms with E-state index in [9.17, 15) is 24.0 Å². The summed E-state index contributed by atoms with van der Waals surface area (Å²) in [5, 5.41) is 11.7. The molecule has 2 fully saturated rings. The maximum atomic E-state index is 14.1. The zero-order valence-electron chi connectivity index (χ0n) is 33.4. The van der Waals surface area contributed by atoms with E-state index in [1.807, 2.05) is 88.4 Å². The Morgan fingerprint density at radius 2 is 1.22 bits per heavy atom. The topological polar surface area (TPSA) is 158 Å². The lowest BCUT2D eigenvalue weighted by Crippen LogP contribution is -2.59. The molecule has 2 aliphatic heterocycles. The number of Topliss-reactive ketones (excluding diaryl/α,β-unsaturated/α-hetero) is 1. The van der Waals surface area contributed by atoms with Gasteiger partial charge in [-0.15, -0.1) is 0 Å². The van der Waals surface area contributed by atoms with E-state index in [-0.39, 0.29) is 36.4 Å². The molecule has 0 radical (unpaired) electrons. The van der Waals surface area contributed by atoms with Crippen LogP contribution in [0.4, 0.5) is 0 Å². The summed E-state index contributed by atoms with van der Waals surface area (Å²) in [4.78, 5) is 71.0. The molecule has 2 aromatic carbocycles. The molecule has 12 heteroatoms. The molecule has 55 heavy (non-hydrogen) atoms. The third-order valence-corrected chi connectivity index (χ3v) is 10.1. The summed E-state index contributed by atoms with van der Waals surface area (Å²) in [5.41, 5.74) is 0.931. The average molecular weight is 762 g/mol. The van der Waals surface area contributed by atoms with Gasteiger partial charge in [-0.3, -0.25) is 28.9 Å². The molecule has 0 spiro atoms. The highest BCUT2D eigenvalue weighted by Gasteiger charge is 2.50. The Morgan fingerprint density at radius 3 is 1.82 bits per heavy atom. The van der Waals surface area contributed by atoms with Crippen molar-refractivity contribution >= 4 is 29.4 Å². The number of rotatable bonds is 23. The summed E-state index contributed by atoms with van der Waals surface area (Å²) >= 11 is 0. The van der Waals surface area contributed by atoms with Gasteiger partial charge in [0.05, 0.1) is 25.9 Å². The molecule has 4 rings (SSSR count). The van der Waals surface area contributed by atoms with Gasteiger partial charge in [-0.1, -0.05) is 88.4 Å². The number of morpholine rings is 1. The first-order valence-corrected chi connectivity index (χ1v) is 20.1. The summed E-state index contributed by atoms with van der Waals surface area (Å²) in [6.07, 6.45) is 3.65. The summed E-state index contributed by atoms with van der Waals surface area (Å²) < 4.78 is 10.8. The van der Waals surface area contributed by atoms with Crippen LogP contribution in [0.3, 0.4) is 0 Å². The van der Waals surface area contributed by atoms with Gasteiger partial charge in [-0.05, 0) is 75.0 Å². The SMILES string of the molecule is CC(C)CC(NC(=O)[C@H](CCc1ccccc1)NC(=O)CCCCN1CCOCC1)C(=O)N[C@@H](Cc1ccccc1)C(=O)NC(CC(C)C)C(=O)C1(C)CO1. The monoisotopic (exact) mass is 761 g/mol. The molecule has 0 bridgehead atoms. The van der Waals surface area contributed by atoms with Crippen LogP contribution < -0.4 is 21.3 Å². The van der Waals surface area contributed by atoms with Crippen molar-refractivity contribution in [1.82, 2.24) is 26.2 Å². The summed E-state index contributed by atoms with van der Waals surface area (Å²) in [6.45, 7) is 14.0. The third kappa shape index (κ3) is 15.1. The van der Waals surface area contributed by atoms with Crippen LogP contribution in [0.25, 0.3) is 0 Å². The lowest BCUT2D eigenvalue weighted by Gasteiger charge is -2.28. The highest BCUT2D eigenvalue weighted by Crippen LogP contribution is 2.29. The van der Waals surface area contributed by atoms with Crippen LogP contribution in [0.1, 0.15) is 84.3 Å². The second-order valence-electron chi connectivity index (χ2n) is 16.1. The van der Waals surface area contributed by atoms with Gasteiger partial charge in [0.1, 0.15) is 23.7 Å². The number of epoxide rings is 1. The third-order valence-electron chi connectivity index (χ3n) is 10.1. The van der Waals surface area contributed by atoms with Gasteiger partial charge in [-0.2, -0.15) is 0 Å². The summed E-state index contributed by atoms with van der Waals surface area (Å²) in [7, 11) is 0. The highest BCUT2D eigenvalue weighted by molar-refractivity contribution is 5.98. The second-order valence-corrected chi connectivity index (χ2v) is 16.1. The minimum absolute atomic E-state index is 0.0219. The largest absolute Gasteiger partial charge is 0.379 e. The predicted molar refractivity (Wildman–Crippen MR) is 212 cm³/mol. The van der Waals surface area contributed by atoms with Gasteiger partial charge in [0.2, 0.25) is 23.6 Å². The van der Waals surface area contributed by atoms with Crippen molar-refractivity contribution < 1.29 is 33.4 Å². The number of amides is 4. The maximum Gasteiger partial charge on any atom is 0.243 e. The quantitative estimate of drug-likeness (QED) is 0.0986. The normalized spacial score (nSPS) is 19.2. The molecule has 5 atom stereocenters. The number of carbonyl (C=O) groups is 5. The number of aryl methyl sites for hydroxylation is 1. The van der Waals surface area contributed by atoms with Crippen LogP contribution in [-0.4, -0.2) is 104 Å². The fourth-order valence-corrected chi connectivity index (χ4v) is 6.84. The number of nitrogens with one attached hydrogen (secondary N) is 4. The summed E-state index contributed by atoms with van der Waals surface area (Å²) in [6, 6.07) is 15.4. The van der Waals surface area contributed by atoms with Crippen LogP contribution in [-0.2, 0) is 46.3 Å². The molecule has 4 N–H and O–H groups in total. The number of hydrogen-bond acceptors (Lipinski definition) is 8. The van der Waals surface area contributed by atoms with Gasteiger partial charge >= 0.3 is 0 Å². The van der Waals surface area contributed by atoms with Gasteiger partial charge < -0.3 is 30.7 Å². The molecule has 2 heterocycles. The first kappa shape index (κ1) is 43.6. The standard InChI is InChI=1S/C43H63N5O7/c1-30(2)26-35(39(50)43(5)29-55-43)45-42(53)37(28-33-16-10-7-11-17-33)47-41(52)36(27-31(3)4)46-40(51)34(20-19-32-14-8-6-9-15-32)44-38(49)18-12-13-21-48-22-24-54-25-23-48/h6-11,14-17,30-31,34-37H,12-13,18-29H2,1-5H3,(H,44,49)(H,45,53)(H,46,51)(H,47,52)/t34-,35?,36?,37-,43?/m0/s1. The molecule has 2 saturated heterocycles. The molecule has 0 aromatic heterocycles. The number of unbranched alkanes of at least 4 members (excludes halogenated alkanes) is 1. The number of hydrogen-bond donors (Lipinski definition) is 4. The molecule has 2 aliphatic rings. The number of nitrogens with zero attached hydrogens (tertiary/aromatic N) is 1. The Labute approximate surface area is 327 Å². The second kappa shape index (κ2) is 21.8. The van der Waals surface area contributed by atoms with Crippen molar-refractivity contribution in [2.45, 2.75) is 116 Å².